The molecule has 12 heteroatoms. The van der Waals surface area contributed by atoms with Gasteiger partial charge < -0.3 is 14.5 Å². The molecule has 0 amide bonds. The van der Waals surface area contributed by atoms with Crippen LogP contribution in [-0.2, 0) is 14.1 Å². The average molecular weight is 332 g/mol. The second kappa shape index (κ2) is 5.90. The van der Waals surface area contributed by atoms with E-state index in [-0.39, 0.29) is 0 Å². The number of esters is 1. The number of rotatable bonds is 5. The molecule has 0 saturated carbocycles. The van der Waals surface area contributed by atoms with E-state index in [4.69, 9.17) is 9.79 Å². The first kappa shape index (κ1) is 19.2. The van der Waals surface area contributed by atoms with Crippen molar-refractivity contribution >= 4 is 13.6 Å². The number of ether oxygens (including phenoxy) is 1. The molecule has 1 atom stereocenters. The van der Waals surface area contributed by atoms with Gasteiger partial charge >= 0.3 is 25.9 Å². The van der Waals surface area contributed by atoms with Crippen LogP contribution in [0.25, 0.3) is 0 Å². The molecule has 0 radical (unpaired) electrons. The Morgan fingerprint density at radius 2 is 1.55 bits per heavy atom. The van der Waals surface area contributed by atoms with Crippen molar-refractivity contribution in [3.05, 3.63) is 0 Å². The third-order valence-corrected chi connectivity index (χ3v) is 4.15. The first-order valence-corrected chi connectivity index (χ1v) is 6.62. The number of hydrogen-bond acceptors (Lipinski definition) is 3. The highest BCUT2D eigenvalue weighted by Gasteiger charge is 2.59. The number of carbonyl (C=O) groups excluding carboxylic acids is 1. The van der Waals surface area contributed by atoms with Crippen LogP contribution in [-0.4, -0.2) is 39.9 Å². The third-order valence-electron chi connectivity index (χ3n) is 2.38. The van der Waals surface area contributed by atoms with Gasteiger partial charge in [0.05, 0.1) is 6.42 Å². The summed E-state index contributed by atoms with van der Waals surface area (Å²) in [6.07, 6.45) is -13.5. The Morgan fingerprint density at radius 1 is 1.10 bits per heavy atom. The van der Waals surface area contributed by atoms with Gasteiger partial charge in [0.2, 0.25) is 0 Å². The molecule has 0 rings (SSSR count). The van der Waals surface area contributed by atoms with E-state index in [2.05, 4.69) is 4.74 Å². The van der Waals surface area contributed by atoms with Crippen molar-refractivity contribution in [2.45, 2.75) is 37.3 Å². The monoisotopic (exact) mass is 332 g/mol. The summed E-state index contributed by atoms with van der Waals surface area (Å²) in [6, 6.07) is 0. The molecule has 1 unspecified atom stereocenters. The van der Waals surface area contributed by atoms with Gasteiger partial charge in [-0.1, -0.05) is 6.92 Å². The molecule has 0 saturated heterocycles. The molecule has 0 aliphatic heterocycles. The summed E-state index contributed by atoms with van der Waals surface area (Å²) in [4.78, 5) is 29.2. The van der Waals surface area contributed by atoms with Gasteiger partial charge in [-0.2, -0.15) is 26.3 Å². The minimum absolute atomic E-state index is 0.833. The fourth-order valence-electron chi connectivity index (χ4n) is 1.38. The fourth-order valence-corrected chi connectivity index (χ4v) is 2.48. The van der Waals surface area contributed by atoms with Crippen LogP contribution >= 0.6 is 7.60 Å². The molecular formula is C8H11F6O5P. The lowest BCUT2D eigenvalue weighted by Crippen LogP contribution is -2.44. The normalized spacial score (nSPS) is 16.6. The summed E-state index contributed by atoms with van der Waals surface area (Å²) in [6.45, 7) is -1.40. The zero-order valence-corrected chi connectivity index (χ0v) is 10.8. The second-order valence-corrected chi connectivity index (χ2v) is 5.86. The predicted molar refractivity (Wildman–Crippen MR) is 52.8 cm³/mol. The first-order valence-electron chi connectivity index (χ1n) is 5.01. The van der Waals surface area contributed by atoms with Crippen LogP contribution < -0.4 is 0 Å². The van der Waals surface area contributed by atoms with Gasteiger partial charge in [-0.3, -0.25) is 9.36 Å². The Kier molecular flexibility index (Phi) is 5.67. The van der Waals surface area contributed by atoms with E-state index in [1.165, 1.54) is 0 Å². The number of carbonyl (C=O) groups is 1. The minimum Gasteiger partial charge on any atom is -0.455 e. The van der Waals surface area contributed by atoms with Gasteiger partial charge in [0, 0.05) is 0 Å². The molecular weight excluding hydrogens is 321 g/mol. The van der Waals surface area contributed by atoms with Crippen LogP contribution in [0.1, 0.15) is 19.8 Å². The fraction of sp³-hybridized carbons (Fsp3) is 0.875. The summed E-state index contributed by atoms with van der Waals surface area (Å²) in [5.41, 5.74) is 0. The standard InChI is InChI=1S/C8H11F6O5P/c1-2-6(20(16,17)18,3-7(9,10)11)5(15)19-4-8(12,13)14/h2-4H2,1H3,(H2,16,17,18). The van der Waals surface area contributed by atoms with Crippen molar-refractivity contribution in [3.8, 4) is 0 Å². The van der Waals surface area contributed by atoms with E-state index in [1.807, 2.05) is 0 Å². The summed E-state index contributed by atoms with van der Waals surface area (Å²) >= 11 is 0. The first-order chi connectivity index (χ1) is 8.65. The Balaban J connectivity index is 5.43. The lowest BCUT2D eigenvalue weighted by molar-refractivity contribution is -0.193. The molecule has 20 heavy (non-hydrogen) atoms. The SMILES string of the molecule is CCC(CC(F)(F)F)(C(=O)OCC(F)(F)F)P(=O)(O)O. The molecule has 0 aromatic carbocycles. The van der Waals surface area contributed by atoms with Crippen LogP contribution in [0.4, 0.5) is 26.3 Å². The van der Waals surface area contributed by atoms with Crippen molar-refractivity contribution in [3.63, 3.8) is 0 Å². The van der Waals surface area contributed by atoms with E-state index in [0.29, 0.717) is 0 Å². The highest BCUT2D eigenvalue weighted by molar-refractivity contribution is 7.54. The molecule has 5 nitrogen and oxygen atoms in total. The Hall–Kier alpha value is -0.800. The Labute approximate surface area is 109 Å². The highest BCUT2D eigenvalue weighted by Crippen LogP contribution is 2.57. The van der Waals surface area contributed by atoms with Gasteiger partial charge in [0.15, 0.2) is 11.8 Å². The van der Waals surface area contributed by atoms with Crippen LogP contribution in [0, 0.1) is 0 Å². The van der Waals surface area contributed by atoms with Crippen LogP contribution in [0.5, 0.6) is 0 Å². The van der Waals surface area contributed by atoms with Crippen molar-refractivity contribution < 1.29 is 50.2 Å². The van der Waals surface area contributed by atoms with Crippen LogP contribution in [0.3, 0.4) is 0 Å². The predicted octanol–water partition coefficient (Wildman–Crippen LogP) is 2.37. The van der Waals surface area contributed by atoms with E-state index in [9.17, 15) is 35.7 Å². The zero-order valence-electron chi connectivity index (χ0n) is 9.96. The van der Waals surface area contributed by atoms with Crippen molar-refractivity contribution in [2.24, 2.45) is 0 Å². The average Bonchev–Trinajstić information content (AvgIpc) is 2.18. The van der Waals surface area contributed by atoms with Crippen molar-refractivity contribution in [1.82, 2.24) is 0 Å². The van der Waals surface area contributed by atoms with Gasteiger partial charge in [-0.25, -0.2) is 0 Å². The number of alkyl halides is 6. The van der Waals surface area contributed by atoms with E-state index in [0.717, 1.165) is 6.92 Å². The molecule has 0 spiro atoms. The molecule has 2 N–H and O–H groups in total. The lowest BCUT2D eigenvalue weighted by atomic mass is 10.0. The molecule has 0 aromatic rings. The quantitative estimate of drug-likeness (QED) is 0.459. The van der Waals surface area contributed by atoms with Crippen molar-refractivity contribution in [1.29, 1.82) is 0 Å². The van der Waals surface area contributed by atoms with E-state index in [1.54, 1.807) is 0 Å². The highest BCUT2D eigenvalue weighted by atomic mass is 31.2. The Bertz CT molecular complexity index is 399. The van der Waals surface area contributed by atoms with Gasteiger partial charge in [-0.15, -0.1) is 0 Å². The molecule has 0 heterocycles. The summed E-state index contributed by atoms with van der Waals surface area (Å²) in [5, 5.41) is -3.38. The van der Waals surface area contributed by atoms with Crippen LogP contribution in [0.2, 0.25) is 0 Å². The van der Waals surface area contributed by atoms with Gasteiger partial charge in [0.1, 0.15) is 0 Å². The topological polar surface area (TPSA) is 83.8 Å². The van der Waals surface area contributed by atoms with Crippen LogP contribution in [0.15, 0.2) is 0 Å². The molecule has 0 aliphatic carbocycles. The largest absolute Gasteiger partial charge is 0.455 e. The zero-order chi connectivity index (χ0) is 16.4. The smallest absolute Gasteiger partial charge is 0.422 e. The third kappa shape index (κ3) is 5.29. The maximum atomic E-state index is 12.3. The number of halogens is 6. The van der Waals surface area contributed by atoms with E-state index < -0.39 is 50.5 Å². The van der Waals surface area contributed by atoms with Gasteiger partial charge in [0.25, 0.3) is 0 Å². The second-order valence-electron chi connectivity index (χ2n) is 3.91. The van der Waals surface area contributed by atoms with E-state index >= 15 is 0 Å². The molecule has 0 bridgehead atoms. The minimum atomic E-state index is -5.70. The summed E-state index contributed by atoms with van der Waals surface area (Å²) < 4.78 is 87.3. The lowest BCUT2D eigenvalue weighted by Gasteiger charge is -2.31. The summed E-state index contributed by atoms with van der Waals surface area (Å²) in [7, 11) is -5.70. The summed E-state index contributed by atoms with van der Waals surface area (Å²) in [5.74, 6) is -2.23. The van der Waals surface area contributed by atoms with Gasteiger partial charge in [-0.05, 0) is 6.42 Å². The van der Waals surface area contributed by atoms with Crippen molar-refractivity contribution in [2.75, 3.05) is 6.61 Å². The number of hydrogen-bond donors (Lipinski definition) is 2. The molecule has 0 aromatic heterocycles. The molecule has 120 valence electrons. The Morgan fingerprint density at radius 3 is 1.80 bits per heavy atom. The maximum Gasteiger partial charge on any atom is 0.422 e. The maximum absolute atomic E-state index is 12.3. The molecule has 0 aliphatic rings. The molecule has 0 fully saturated rings.